The lowest BCUT2D eigenvalue weighted by Gasteiger charge is -2.25. The molecule has 1 heterocycles. The number of rotatable bonds is 2. The molecule has 0 radical (unpaired) electrons. The van der Waals surface area contributed by atoms with Gasteiger partial charge in [-0.3, -0.25) is 4.79 Å². The molecular formula is C12H16N2O. The molecule has 2 rings (SSSR count). The highest BCUT2D eigenvalue weighted by molar-refractivity contribution is 5.82. The Balaban J connectivity index is 2.08. The lowest BCUT2D eigenvalue weighted by Crippen LogP contribution is -2.47. The van der Waals surface area contributed by atoms with Gasteiger partial charge in [-0.15, -0.1) is 0 Å². The van der Waals surface area contributed by atoms with E-state index in [0.717, 1.165) is 13.0 Å². The highest BCUT2D eigenvalue weighted by Crippen LogP contribution is 2.15. The van der Waals surface area contributed by atoms with Crippen LogP contribution < -0.4 is 10.6 Å². The molecule has 1 aromatic rings. The third-order valence-corrected chi connectivity index (χ3v) is 2.75. The van der Waals surface area contributed by atoms with Gasteiger partial charge in [-0.25, -0.2) is 0 Å². The van der Waals surface area contributed by atoms with Crippen LogP contribution >= 0.6 is 0 Å². The van der Waals surface area contributed by atoms with Crippen LogP contribution in [0.3, 0.4) is 0 Å². The zero-order valence-electron chi connectivity index (χ0n) is 8.92. The number of hydrogen-bond acceptors (Lipinski definition) is 2. The molecule has 1 aromatic carbocycles. The number of nitrogens with one attached hydrogen (secondary N) is 2. The lowest BCUT2D eigenvalue weighted by molar-refractivity contribution is -0.123. The van der Waals surface area contributed by atoms with E-state index in [1.807, 2.05) is 19.1 Å². The Morgan fingerprint density at radius 1 is 1.47 bits per heavy atom. The fraction of sp³-hybridized carbons (Fsp3) is 0.417. The minimum atomic E-state index is -0.0696. The van der Waals surface area contributed by atoms with Gasteiger partial charge in [0.05, 0.1) is 6.04 Å². The van der Waals surface area contributed by atoms with Crippen LogP contribution in [-0.2, 0) is 17.8 Å². The number of carbonyl (C=O) groups is 1. The third-order valence-electron chi connectivity index (χ3n) is 2.75. The number of likely N-dealkylation sites (N-methyl/N-ethyl adjacent to an activating group) is 1. The number of benzene rings is 1. The van der Waals surface area contributed by atoms with E-state index in [9.17, 15) is 4.79 Å². The second-order valence-electron chi connectivity index (χ2n) is 3.80. The van der Waals surface area contributed by atoms with E-state index in [-0.39, 0.29) is 11.9 Å². The standard InChI is InChI=1S/C12H16N2O/c1-2-13-12(15)11-7-9-5-3-4-6-10(9)8-14-11/h3-6,11,14H,2,7-8H2,1H3,(H,13,15)/t11-/m0/s1. The molecule has 0 unspecified atom stereocenters. The number of hydrogen-bond donors (Lipinski definition) is 2. The summed E-state index contributed by atoms with van der Waals surface area (Å²) < 4.78 is 0. The van der Waals surface area contributed by atoms with Gasteiger partial charge in [0, 0.05) is 13.1 Å². The molecule has 0 fully saturated rings. The molecule has 0 saturated carbocycles. The molecule has 0 spiro atoms. The van der Waals surface area contributed by atoms with Gasteiger partial charge in [0.2, 0.25) is 5.91 Å². The second kappa shape index (κ2) is 4.45. The fourth-order valence-corrected chi connectivity index (χ4v) is 1.94. The number of carbonyl (C=O) groups excluding carboxylic acids is 1. The van der Waals surface area contributed by atoms with Crippen LogP contribution in [0.1, 0.15) is 18.1 Å². The number of fused-ring (bicyclic) bond motifs is 1. The monoisotopic (exact) mass is 204 g/mol. The van der Waals surface area contributed by atoms with E-state index >= 15 is 0 Å². The smallest absolute Gasteiger partial charge is 0.237 e. The van der Waals surface area contributed by atoms with E-state index in [2.05, 4.69) is 22.8 Å². The topological polar surface area (TPSA) is 41.1 Å². The van der Waals surface area contributed by atoms with Crippen molar-refractivity contribution in [2.45, 2.75) is 25.9 Å². The second-order valence-corrected chi connectivity index (χ2v) is 3.80. The molecule has 1 atom stereocenters. The first kappa shape index (κ1) is 10.2. The predicted molar refractivity (Wildman–Crippen MR) is 59.5 cm³/mol. The minimum Gasteiger partial charge on any atom is -0.355 e. The highest BCUT2D eigenvalue weighted by atomic mass is 16.2. The summed E-state index contributed by atoms with van der Waals surface area (Å²) in [5.41, 5.74) is 2.59. The van der Waals surface area contributed by atoms with Crippen molar-refractivity contribution in [3.05, 3.63) is 35.4 Å². The Bertz CT molecular complexity index is 362. The molecule has 1 aliphatic heterocycles. The van der Waals surface area contributed by atoms with Crippen LogP contribution in [0.25, 0.3) is 0 Å². The van der Waals surface area contributed by atoms with Gasteiger partial charge in [0.15, 0.2) is 0 Å². The average molecular weight is 204 g/mol. The van der Waals surface area contributed by atoms with E-state index < -0.39 is 0 Å². The SMILES string of the molecule is CCNC(=O)[C@@H]1Cc2ccccc2CN1. The van der Waals surface area contributed by atoms with Gasteiger partial charge in [-0.1, -0.05) is 24.3 Å². The average Bonchev–Trinajstić information content (AvgIpc) is 2.29. The van der Waals surface area contributed by atoms with Gasteiger partial charge >= 0.3 is 0 Å². The van der Waals surface area contributed by atoms with Crippen LogP contribution in [0.15, 0.2) is 24.3 Å². The third kappa shape index (κ3) is 2.18. The van der Waals surface area contributed by atoms with Crippen molar-refractivity contribution in [3.63, 3.8) is 0 Å². The predicted octanol–water partition coefficient (Wildman–Crippen LogP) is 0.837. The van der Waals surface area contributed by atoms with Gasteiger partial charge in [-0.2, -0.15) is 0 Å². The molecule has 80 valence electrons. The van der Waals surface area contributed by atoms with Gasteiger partial charge in [0.25, 0.3) is 0 Å². The maximum Gasteiger partial charge on any atom is 0.237 e. The first-order valence-corrected chi connectivity index (χ1v) is 5.39. The van der Waals surface area contributed by atoms with E-state index in [1.54, 1.807) is 0 Å². The van der Waals surface area contributed by atoms with Crippen molar-refractivity contribution in [2.24, 2.45) is 0 Å². The summed E-state index contributed by atoms with van der Waals surface area (Å²) in [6.07, 6.45) is 0.794. The Morgan fingerprint density at radius 3 is 2.93 bits per heavy atom. The quantitative estimate of drug-likeness (QED) is 0.749. The summed E-state index contributed by atoms with van der Waals surface area (Å²) in [6.45, 7) is 3.42. The Morgan fingerprint density at radius 2 is 2.20 bits per heavy atom. The van der Waals surface area contributed by atoms with E-state index in [4.69, 9.17) is 0 Å². The minimum absolute atomic E-state index is 0.0696. The fourth-order valence-electron chi connectivity index (χ4n) is 1.94. The van der Waals surface area contributed by atoms with Crippen molar-refractivity contribution in [1.82, 2.24) is 10.6 Å². The molecule has 0 saturated heterocycles. The van der Waals surface area contributed by atoms with Crippen molar-refractivity contribution < 1.29 is 4.79 Å². The maximum atomic E-state index is 11.6. The molecule has 2 N–H and O–H groups in total. The molecule has 3 heteroatoms. The van der Waals surface area contributed by atoms with Crippen LogP contribution in [0.4, 0.5) is 0 Å². The van der Waals surface area contributed by atoms with E-state index in [1.165, 1.54) is 11.1 Å². The summed E-state index contributed by atoms with van der Waals surface area (Å²) in [4.78, 5) is 11.6. The molecule has 3 nitrogen and oxygen atoms in total. The zero-order valence-corrected chi connectivity index (χ0v) is 8.92. The maximum absolute atomic E-state index is 11.6. The first-order valence-electron chi connectivity index (χ1n) is 5.39. The lowest BCUT2D eigenvalue weighted by atomic mass is 9.95. The molecule has 1 aliphatic rings. The van der Waals surface area contributed by atoms with E-state index in [0.29, 0.717) is 6.54 Å². The Hall–Kier alpha value is -1.35. The first-order chi connectivity index (χ1) is 7.31. The molecule has 0 aromatic heterocycles. The molecule has 0 aliphatic carbocycles. The Kier molecular flexibility index (Phi) is 3.02. The van der Waals surface area contributed by atoms with Crippen LogP contribution in [-0.4, -0.2) is 18.5 Å². The molecular weight excluding hydrogens is 188 g/mol. The summed E-state index contributed by atoms with van der Waals surface area (Å²) in [6, 6.07) is 8.20. The van der Waals surface area contributed by atoms with Gasteiger partial charge in [-0.05, 0) is 24.5 Å². The number of amides is 1. The normalized spacial score (nSPS) is 19.4. The molecule has 0 bridgehead atoms. The van der Waals surface area contributed by atoms with Crippen LogP contribution in [0.2, 0.25) is 0 Å². The van der Waals surface area contributed by atoms with Crippen molar-refractivity contribution in [3.8, 4) is 0 Å². The largest absolute Gasteiger partial charge is 0.355 e. The zero-order chi connectivity index (χ0) is 10.7. The summed E-state index contributed by atoms with van der Waals surface area (Å²) in [5, 5.41) is 6.09. The van der Waals surface area contributed by atoms with Crippen LogP contribution in [0, 0.1) is 0 Å². The summed E-state index contributed by atoms with van der Waals surface area (Å²) in [7, 11) is 0. The Labute approximate surface area is 89.9 Å². The molecule has 15 heavy (non-hydrogen) atoms. The summed E-state index contributed by atoms with van der Waals surface area (Å²) in [5.74, 6) is 0.104. The van der Waals surface area contributed by atoms with Crippen LogP contribution in [0.5, 0.6) is 0 Å². The van der Waals surface area contributed by atoms with Gasteiger partial charge < -0.3 is 10.6 Å². The summed E-state index contributed by atoms with van der Waals surface area (Å²) >= 11 is 0. The van der Waals surface area contributed by atoms with Crippen molar-refractivity contribution >= 4 is 5.91 Å². The highest BCUT2D eigenvalue weighted by Gasteiger charge is 2.22. The van der Waals surface area contributed by atoms with Crippen molar-refractivity contribution in [1.29, 1.82) is 0 Å². The molecule has 1 amide bonds. The van der Waals surface area contributed by atoms with Crippen molar-refractivity contribution in [2.75, 3.05) is 6.54 Å². The van der Waals surface area contributed by atoms with Gasteiger partial charge in [0.1, 0.15) is 0 Å².